The molecule has 0 bridgehead atoms. The van der Waals surface area contributed by atoms with Crippen LogP contribution in [0.2, 0.25) is 0 Å². The molecule has 4 amide bonds. The van der Waals surface area contributed by atoms with Crippen molar-refractivity contribution >= 4 is 23.9 Å². The van der Waals surface area contributed by atoms with E-state index in [1.54, 1.807) is 6.08 Å². The molecule has 0 atom stereocenters. The maximum absolute atomic E-state index is 12.9. The van der Waals surface area contributed by atoms with E-state index >= 15 is 0 Å². The van der Waals surface area contributed by atoms with Crippen molar-refractivity contribution in [1.82, 2.24) is 14.8 Å². The van der Waals surface area contributed by atoms with E-state index in [0.717, 1.165) is 42.6 Å². The standard InChI is InChI=1S/C20H27N3O3/c1-12-10-14(13(2)23(12)20(3,4)5)11-16-17(24)21-19(26)22(18(16)25)15-8-6-7-9-15/h10-11,15H,6-9H2,1-5H3,(H,21,24,26)/b16-11+. The van der Waals surface area contributed by atoms with E-state index in [0.29, 0.717) is 0 Å². The zero-order valence-electron chi connectivity index (χ0n) is 16.2. The Balaban J connectivity index is 2.01. The van der Waals surface area contributed by atoms with Gasteiger partial charge in [0.15, 0.2) is 0 Å². The van der Waals surface area contributed by atoms with E-state index in [9.17, 15) is 14.4 Å². The summed E-state index contributed by atoms with van der Waals surface area (Å²) in [5, 5.41) is 2.33. The van der Waals surface area contributed by atoms with Crippen LogP contribution in [0.15, 0.2) is 11.6 Å². The molecule has 1 aliphatic carbocycles. The van der Waals surface area contributed by atoms with Gasteiger partial charge in [-0.3, -0.25) is 19.8 Å². The summed E-state index contributed by atoms with van der Waals surface area (Å²) in [5.74, 6) is -1.10. The molecule has 0 unspecified atom stereocenters. The van der Waals surface area contributed by atoms with Crippen LogP contribution in [0.3, 0.4) is 0 Å². The minimum absolute atomic E-state index is 0.0330. The van der Waals surface area contributed by atoms with E-state index < -0.39 is 17.8 Å². The van der Waals surface area contributed by atoms with E-state index in [-0.39, 0.29) is 17.2 Å². The molecule has 1 N–H and O–H groups in total. The maximum atomic E-state index is 12.9. The van der Waals surface area contributed by atoms with Crippen molar-refractivity contribution in [3.8, 4) is 0 Å². The average Bonchev–Trinajstić information content (AvgIpc) is 3.11. The molecule has 26 heavy (non-hydrogen) atoms. The van der Waals surface area contributed by atoms with Crippen molar-refractivity contribution in [2.45, 2.75) is 71.9 Å². The second-order valence-electron chi connectivity index (χ2n) is 8.26. The van der Waals surface area contributed by atoms with E-state index in [2.05, 4.69) is 30.7 Å². The zero-order valence-corrected chi connectivity index (χ0v) is 16.2. The number of barbiturate groups is 1. The van der Waals surface area contributed by atoms with Gasteiger partial charge < -0.3 is 4.57 Å². The van der Waals surface area contributed by atoms with Gasteiger partial charge in [-0.1, -0.05) is 12.8 Å². The summed E-state index contributed by atoms with van der Waals surface area (Å²) < 4.78 is 2.19. The summed E-state index contributed by atoms with van der Waals surface area (Å²) in [6.07, 6.45) is 5.23. The van der Waals surface area contributed by atoms with Crippen LogP contribution in [0.5, 0.6) is 0 Å². The fourth-order valence-electron chi connectivity index (χ4n) is 4.29. The Morgan fingerprint density at radius 2 is 1.73 bits per heavy atom. The van der Waals surface area contributed by atoms with Gasteiger partial charge in [-0.2, -0.15) is 0 Å². The summed E-state index contributed by atoms with van der Waals surface area (Å²) in [4.78, 5) is 38.7. The maximum Gasteiger partial charge on any atom is 0.331 e. The predicted molar refractivity (Wildman–Crippen MR) is 99.5 cm³/mol. The smallest absolute Gasteiger partial charge is 0.331 e. The van der Waals surface area contributed by atoms with Gasteiger partial charge >= 0.3 is 6.03 Å². The van der Waals surface area contributed by atoms with E-state index in [1.165, 1.54) is 4.90 Å². The Labute approximate surface area is 154 Å². The molecule has 0 aromatic carbocycles. The number of urea groups is 1. The Hall–Kier alpha value is -2.37. The first-order chi connectivity index (χ1) is 12.1. The number of aryl methyl sites for hydroxylation is 1. The van der Waals surface area contributed by atoms with Crippen LogP contribution in [0.25, 0.3) is 6.08 Å². The normalized spacial score (nSPS) is 21.0. The number of hydrogen-bond acceptors (Lipinski definition) is 3. The molecule has 0 spiro atoms. The number of nitrogens with zero attached hydrogens (tertiary/aromatic N) is 2. The fraction of sp³-hybridized carbons (Fsp3) is 0.550. The zero-order chi connectivity index (χ0) is 19.2. The molecule has 6 nitrogen and oxygen atoms in total. The second-order valence-corrected chi connectivity index (χ2v) is 8.26. The van der Waals surface area contributed by atoms with Crippen LogP contribution >= 0.6 is 0 Å². The third kappa shape index (κ3) is 3.08. The van der Waals surface area contributed by atoms with Gasteiger partial charge in [0.1, 0.15) is 5.57 Å². The topological polar surface area (TPSA) is 71.4 Å². The van der Waals surface area contributed by atoms with Crippen LogP contribution in [-0.4, -0.2) is 33.4 Å². The molecule has 1 saturated heterocycles. The number of amides is 4. The number of aromatic nitrogens is 1. The van der Waals surface area contributed by atoms with Crippen molar-refractivity contribution in [3.05, 3.63) is 28.6 Å². The van der Waals surface area contributed by atoms with Gasteiger partial charge in [0.05, 0.1) is 0 Å². The van der Waals surface area contributed by atoms with Gasteiger partial charge in [-0.05, 0) is 65.2 Å². The Kier molecular flexibility index (Phi) is 4.54. The second kappa shape index (κ2) is 6.41. The summed E-state index contributed by atoms with van der Waals surface area (Å²) in [5.41, 5.74) is 2.82. The molecule has 3 rings (SSSR count). The molecule has 2 fully saturated rings. The van der Waals surface area contributed by atoms with Crippen LogP contribution < -0.4 is 5.32 Å². The van der Waals surface area contributed by atoms with Crippen molar-refractivity contribution in [2.24, 2.45) is 0 Å². The summed E-state index contributed by atoms with van der Waals surface area (Å²) in [6.45, 7) is 10.3. The van der Waals surface area contributed by atoms with Gasteiger partial charge in [-0.15, -0.1) is 0 Å². The lowest BCUT2D eigenvalue weighted by Gasteiger charge is -2.31. The molecule has 0 radical (unpaired) electrons. The minimum atomic E-state index is -0.616. The number of carbonyl (C=O) groups excluding carboxylic acids is 3. The highest BCUT2D eigenvalue weighted by atomic mass is 16.2. The van der Waals surface area contributed by atoms with Crippen molar-refractivity contribution in [3.63, 3.8) is 0 Å². The molecule has 1 aromatic heterocycles. The fourth-order valence-corrected chi connectivity index (χ4v) is 4.29. The highest BCUT2D eigenvalue weighted by Crippen LogP contribution is 2.29. The third-order valence-electron chi connectivity index (χ3n) is 5.26. The van der Waals surface area contributed by atoms with Crippen LogP contribution in [-0.2, 0) is 15.1 Å². The van der Waals surface area contributed by atoms with Gasteiger partial charge in [0.25, 0.3) is 11.8 Å². The average molecular weight is 357 g/mol. The Morgan fingerprint density at radius 3 is 2.27 bits per heavy atom. The molecular formula is C20H27N3O3. The Morgan fingerprint density at radius 1 is 1.12 bits per heavy atom. The minimum Gasteiger partial charge on any atom is -0.343 e. The lowest BCUT2D eigenvalue weighted by molar-refractivity contribution is -0.131. The molecule has 1 aromatic rings. The summed E-state index contributed by atoms with van der Waals surface area (Å²) >= 11 is 0. The molecular weight excluding hydrogens is 330 g/mol. The van der Waals surface area contributed by atoms with Crippen LogP contribution in [0, 0.1) is 13.8 Å². The first-order valence-electron chi connectivity index (χ1n) is 9.21. The van der Waals surface area contributed by atoms with Crippen molar-refractivity contribution in [2.75, 3.05) is 0 Å². The molecule has 1 aliphatic heterocycles. The lowest BCUT2D eigenvalue weighted by atomic mass is 10.0. The number of rotatable bonds is 2. The highest BCUT2D eigenvalue weighted by Gasteiger charge is 2.40. The third-order valence-corrected chi connectivity index (χ3v) is 5.26. The molecule has 1 saturated carbocycles. The summed E-state index contributed by atoms with van der Waals surface area (Å²) in [7, 11) is 0. The number of nitrogens with one attached hydrogen (secondary N) is 1. The largest absolute Gasteiger partial charge is 0.343 e. The Bertz CT molecular complexity index is 805. The highest BCUT2D eigenvalue weighted by molar-refractivity contribution is 6.31. The summed E-state index contributed by atoms with van der Waals surface area (Å²) in [6, 6.07) is 1.27. The van der Waals surface area contributed by atoms with Gasteiger partial charge in [-0.25, -0.2) is 4.79 Å². The number of carbonyl (C=O) groups is 3. The van der Waals surface area contributed by atoms with Gasteiger partial charge in [0.2, 0.25) is 0 Å². The quantitative estimate of drug-likeness (QED) is 0.652. The molecule has 2 heterocycles. The molecule has 6 heteroatoms. The van der Waals surface area contributed by atoms with E-state index in [4.69, 9.17) is 0 Å². The van der Waals surface area contributed by atoms with Crippen molar-refractivity contribution < 1.29 is 14.4 Å². The molecule has 140 valence electrons. The number of hydrogen-bond donors (Lipinski definition) is 1. The van der Waals surface area contributed by atoms with E-state index in [1.807, 2.05) is 19.9 Å². The molecule has 2 aliphatic rings. The van der Waals surface area contributed by atoms with Gasteiger partial charge in [0, 0.05) is 23.0 Å². The van der Waals surface area contributed by atoms with Crippen molar-refractivity contribution in [1.29, 1.82) is 0 Å². The number of imide groups is 2. The lowest BCUT2D eigenvalue weighted by Crippen LogP contribution is -2.57. The first kappa shape index (κ1) is 18.4. The first-order valence-corrected chi connectivity index (χ1v) is 9.21. The van der Waals surface area contributed by atoms with Crippen LogP contribution in [0.1, 0.15) is 63.4 Å². The van der Waals surface area contributed by atoms with Crippen LogP contribution in [0.4, 0.5) is 4.79 Å². The SMILES string of the molecule is Cc1cc(/C=C2\C(=O)NC(=O)N(C3CCCC3)C2=O)c(C)n1C(C)(C)C. The monoisotopic (exact) mass is 357 g/mol. The predicted octanol–water partition coefficient (Wildman–Crippen LogP) is 3.26.